The summed E-state index contributed by atoms with van der Waals surface area (Å²) in [4.78, 5) is 11.4. The van der Waals surface area contributed by atoms with Crippen LogP contribution in [0.4, 0.5) is 0 Å². The molecule has 2 heteroatoms. The standard InChI is InChI=1S/C13H12O2.C6H6/c14-12(15)13(9-5-2-6-10-13)11-7-3-1-4-8-11;1-2-4-6-5-3-1/h1-9H,10H2,(H,14,15);1-6H. The highest BCUT2D eigenvalue weighted by Crippen LogP contribution is 2.32. The van der Waals surface area contributed by atoms with Gasteiger partial charge in [-0.3, -0.25) is 4.79 Å². The third-order valence-electron chi connectivity index (χ3n) is 3.40. The van der Waals surface area contributed by atoms with Gasteiger partial charge in [0.15, 0.2) is 0 Å². The van der Waals surface area contributed by atoms with Crippen molar-refractivity contribution in [1.82, 2.24) is 0 Å². The van der Waals surface area contributed by atoms with Crippen LogP contribution < -0.4 is 0 Å². The number of rotatable bonds is 2. The van der Waals surface area contributed by atoms with Gasteiger partial charge in [-0.25, -0.2) is 0 Å². The monoisotopic (exact) mass is 278 g/mol. The molecule has 0 saturated carbocycles. The summed E-state index contributed by atoms with van der Waals surface area (Å²) in [6, 6.07) is 21.3. The largest absolute Gasteiger partial charge is 0.480 e. The molecule has 106 valence electrons. The van der Waals surface area contributed by atoms with E-state index in [-0.39, 0.29) is 0 Å². The zero-order valence-electron chi connectivity index (χ0n) is 11.7. The van der Waals surface area contributed by atoms with E-state index in [1.165, 1.54) is 0 Å². The van der Waals surface area contributed by atoms with Gasteiger partial charge in [-0.1, -0.05) is 91.0 Å². The van der Waals surface area contributed by atoms with Crippen LogP contribution >= 0.6 is 0 Å². The minimum atomic E-state index is -0.879. The lowest BCUT2D eigenvalue weighted by Crippen LogP contribution is -2.34. The van der Waals surface area contributed by atoms with Gasteiger partial charge in [0.05, 0.1) is 0 Å². The minimum absolute atomic E-state index is 0.517. The number of carbonyl (C=O) groups is 1. The van der Waals surface area contributed by atoms with Crippen molar-refractivity contribution in [2.75, 3.05) is 0 Å². The minimum Gasteiger partial charge on any atom is -0.480 e. The molecule has 2 aromatic rings. The number of allylic oxidation sites excluding steroid dienone is 3. The lowest BCUT2D eigenvalue weighted by Gasteiger charge is -2.26. The average molecular weight is 278 g/mol. The summed E-state index contributed by atoms with van der Waals surface area (Å²) in [5.41, 5.74) is -0.0474. The Bertz CT molecular complexity index is 588. The summed E-state index contributed by atoms with van der Waals surface area (Å²) in [5.74, 6) is -0.797. The fourth-order valence-electron chi connectivity index (χ4n) is 2.24. The molecule has 0 amide bonds. The molecule has 1 unspecified atom stereocenters. The van der Waals surface area contributed by atoms with E-state index in [9.17, 15) is 9.90 Å². The molecule has 1 aliphatic carbocycles. The number of aliphatic carboxylic acids is 1. The summed E-state index contributed by atoms with van der Waals surface area (Å²) in [5, 5.41) is 9.36. The summed E-state index contributed by atoms with van der Waals surface area (Å²) in [7, 11) is 0. The summed E-state index contributed by atoms with van der Waals surface area (Å²) < 4.78 is 0. The number of carboxylic acid groups (broad SMARTS) is 1. The van der Waals surface area contributed by atoms with E-state index < -0.39 is 11.4 Å². The molecule has 3 rings (SSSR count). The quantitative estimate of drug-likeness (QED) is 0.893. The van der Waals surface area contributed by atoms with Crippen molar-refractivity contribution in [1.29, 1.82) is 0 Å². The van der Waals surface area contributed by atoms with Gasteiger partial charge in [-0.15, -0.1) is 0 Å². The number of hydrogen-bond acceptors (Lipinski definition) is 1. The molecular weight excluding hydrogens is 260 g/mol. The van der Waals surface area contributed by atoms with E-state index in [0.717, 1.165) is 5.56 Å². The van der Waals surface area contributed by atoms with Crippen molar-refractivity contribution in [3.05, 3.63) is 96.6 Å². The molecule has 0 fully saturated rings. The maximum Gasteiger partial charge on any atom is 0.318 e. The lowest BCUT2D eigenvalue weighted by molar-refractivity contribution is -0.141. The highest BCUT2D eigenvalue weighted by molar-refractivity contribution is 5.84. The predicted octanol–water partition coefficient (Wildman–Crippen LogP) is 4.21. The van der Waals surface area contributed by atoms with Gasteiger partial charge in [0.2, 0.25) is 0 Å². The highest BCUT2D eigenvalue weighted by Gasteiger charge is 2.37. The molecule has 0 spiro atoms. The Kier molecular flexibility index (Phi) is 5.10. The van der Waals surface area contributed by atoms with E-state index >= 15 is 0 Å². The van der Waals surface area contributed by atoms with Crippen LogP contribution in [0.3, 0.4) is 0 Å². The average Bonchev–Trinajstić information content (AvgIpc) is 2.58. The van der Waals surface area contributed by atoms with Crippen molar-refractivity contribution in [3.63, 3.8) is 0 Å². The van der Waals surface area contributed by atoms with Crippen LogP contribution in [-0.4, -0.2) is 11.1 Å². The Morgan fingerprint density at radius 2 is 1.38 bits per heavy atom. The SMILES string of the molecule is O=C(O)C1(c2ccccc2)C=CC=CC1.c1ccccc1. The van der Waals surface area contributed by atoms with Crippen molar-refractivity contribution in [2.24, 2.45) is 0 Å². The van der Waals surface area contributed by atoms with Crippen LogP contribution in [0.5, 0.6) is 0 Å². The second-order valence-corrected chi connectivity index (χ2v) is 4.79. The van der Waals surface area contributed by atoms with E-state index in [1.54, 1.807) is 12.2 Å². The second-order valence-electron chi connectivity index (χ2n) is 4.79. The maximum absolute atomic E-state index is 11.4. The van der Waals surface area contributed by atoms with Gasteiger partial charge in [0, 0.05) is 0 Å². The Labute approximate surface area is 125 Å². The van der Waals surface area contributed by atoms with Crippen LogP contribution in [0.1, 0.15) is 12.0 Å². The second kappa shape index (κ2) is 7.25. The van der Waals surface area contributed by atoms with Crippen LogP contribution in [0, 0.1) is 0 Å². The first kappa shape index (κ1) is 14.8. The number of hydrogen-bond donors (Lipinski definition) is 1. The van der Waals surface area contributed by atoms with Gasteiger partial charge >= 0.3 is 5.97 Å². The van der Waals surface area contributed by atoms with E-state index in [0.29, 0.717) is 6.42 Å². The fraction of sp³-hybridized carbons (Fsp3) is 0.105. The van der Waals surface area contributed by atoms with E-state index in [2.05, 4.69) is 0 Å². The Morgan fingerprint density at radius 3 is 1.81 bits per heavy atom. The van der Waals surface area contributed by atoms with Gasteiger partial charge < -0.3 is 5.11 Å². The Balaban J connectivity index is 0.000000225. The molecule has 0 bridgehead atoms. The van der Waals surface area contributed by atoms with Gasteiger partial charge in [0.1, 0.15) is 5.41 Å². The highest BCUT2D eigenvalue weighted by atomic mass is 16.4. The Morgan fingerprint density at radius 1 is 0.857 bits per heavy atom. The Hall–Kier alpha value is -2.61. The van der Waals surface area contributed by atoms with Gasteiger partial charge in [-0.05, 0) is 12.0 Å². The third kappa shape index (κ3) is 3.69. The number of carboxylic acids is 1. The smallest absolute Gasteiger partial charge is 0.318 e. The molecule has 0 aliphatic heterocycles. The summed E-state index contributed by atoms with van der Waals surface area (Å²) in [6.07, 6.45) is 7.84. The van der Waals surface area contributed by atoms with Crippen molar-refractivity contribution in [2.45, 2.75) is 11.8 Å². The third-order valence-corrected chi connectivity index (χ3v) is 3.40. The van der Waals surface area contributed by atoms with Gasteiger partial charge in [-0.2, -0.15) is 0 Å². The summed E-state index contributed by atoms with van der Waals surface area (Å²) >= 11 is 0. The van der Waals surface area contributed by atoms with E-state index in [1.807, 2.05) is 78.9 Å². The lowest BCUT2D eigenvalue weighted by atomic mass is 9.75. The molecule has 1 atom stereocenters. The molecule has 1 N–H and O–H groups in total. The molecule has 1 aliphatic rings. The first-order chi connectivity index (χ1) is 10.3. The maximum atomic E-state index is 11.4. The summed E-state index contributed by atoms with van der Waals surface area (Å²) in [6.45, 7) is 0. The van der Waals surface area contributed by atoms with Crippen molar-refractivity contribution in [3.8, 4) is 0 Å². The van der Waals surface area contributed by atoms with Crippen molar-refractivity contribution >= 4 is 5.97 Å². The topological polar surface area (TPSA) is 37.3 Å². The van der Waals surface area contributed by atoms with Gasteiger partial charge in [0.25, 0.3) is 0 Å². The van der Waals surface area contributed by atoms with Crippen LogP contribution in [0.15, 0.2) is 91.0 Å². The molecule has 0 saturated heterocycles. The normalized spacial score (nSPS) is 19.4. The first-order valence-electron chi connectivity index (χ1n) is 6.89. The molecule has 0 heterocycles. The molecule has 21 heavy (non-hydrogen) atoms. The zero-order valence-corrected chi connectivity index (χ0v) is 11.7. The molecule has 0 aromatic heterocycles. The molecular formula is C19H18O2. The first-order valence-corrected chi connectivity index (χ1v) is 6.89. The fourth-order valence-corrected chi connectivity index (χ4v) is 2.24. The van der Waals surface area contributed by atoms with E-state index in [4.69, 9.17) is 0 Å². The van der Waals surface area contributed by atoms with Crippen molar-refractivity contribution < 1.29 is 9.90 Å². The van der Waals surface area contributed by atoms with Crippen LogP contribution in [0.25, 0.3) is 0 Å². The van der Waals surface area contributed by atoms with Crippen LogP contribution in [-0.2, 0) is 10.2 Å². The molecule has 2 nitrogen and oxygen atoms in total. The molecule has 0 radical (unpaired) electrons. The molecule has 2 aromatic carbocycles. The van der Waals surface area contributed by atoms with Crippen LogP contribution in [0.2, 0.25) is 0 Å². The predicted molar refractivity (Wildman–Crippen MR) is 85.1 cm³/mol. The number of benzene rings is 2. The zero-order chi connectivity index (χ0) is 15.0.